The first kappa shape index (κ1) is 24.7. The number of nitrogens with one attached hydrogen (secondary N) is 2. The number of aromatic nitrogens is 1. The van der Waals surface area contributed by atoms with E-state index in [9.17, 15) is 14.4 Å². The lowest BCUT2D eigenvalue weighted by atomic mass is 10.2. The van der Waals surface area contributed by atoms with Crippen molar-refractivity contribution in [3.63, 3.8) is 0 Å². The minimum atomic E-state index is -0.359. The van der Waals surface area contributed by atoms with Gasteiger partial charge in [-0.15, -0.1) is 11.3 Å². The van der Waals surface area contributed by atoms with Crippen LogP contribution in [-0.4, -0.2) is 43.5 Å². The third-order valence-electron chi connectivity index (χ3n) is 4.86. The van der Waals surface area contributed by atoms with Crippen LogP contribution >= 0.6 is 11.3 Å². The van der Waals surface area contributed by atoms with Crippen LogP contribution in [-0.2, 0) is 20.9 Å². The van der Waals surface area contributed by atoms with Crippen LogP contribution in [0.4, 0.5) is 10.8 Å². The molecule has 0 saturated carbocycles. The van der Waals surface area contributed by atoms with Crippen LogP contribution in [0.5, 0.6) is 11.5 Å². The molecule has 9 nitrogen and oxygen atoms in total. The minimum Gasteiger partial charge on any atom is -0.497 e. The number of hydrogen-bond acceptors (Lipinski definition) is 7. The first-order valence-electron chi connectivity index (χ1n) is 10.5. The Balaban J connectivity index is 1.63. The number of methoxy groups -OCH3 is 2. The second kappa shape index (κ2) is 12.4. The zero-order chi connectivity index (χ0) is 24.3. The smallest absolute Gasteiger partial charge is 0.240 e. The average Bonchev–Trinajstić information content (AvgIpc) is 3.38. The molecule has 0 aliphatic carbocycles. The first-order valence-corrected chi connectivity index (χ1v) is 11.4. The number of ether oxygens (including phenoxy) is 2. The van der Waals surface area contributed by atoms with Crippen molar-refractivity contribution in [2.75, 3.05) is 31.0 Å². The monoisotopic (exact) mass is 482 g/mol. The summed E-state index contributed by atoms with van der Waals surface area (Å²) in [5.74, 6) is 0.262. The molecule has 2 N–H and O–H groups in total. The molecule has 0 aliphatic rings. The van der Waals surface area contributed by atoms with Crippen molar-refractivity contribution in [1.82, 2.24) is 10.3 Å². The van der Waals surface area contributed by atoms with E-state index < -0.39 is 0 Å². The summed E-state index contributed by atoms with van der Waals surface area (Å²) in [5, 5.41) is 7.69. The number of carbonyl (C=O) groups excluding carboxylic acids is 3. The summed E-state index contributed by atoms with van der Waals surface area (Å²) in [6.07, 6.45) is 1.48. The molecule has 0 saturated heterocycles. The highest BCUT2D eigenvalue weighted by molar-refractivity contribution is 7.13. The molecule has 0 spiro atoms. The van der Waals surface area contributed by atoms with Gasteiger partial charge in [-0.3, -0.25) is 14.4 Å². The van der Waals surface area contributed by atoms with Crippen LogP contribution in [0.3, 0.4) is 0 Å². The van der Waals surface area contributed by atoms with Gasteiger partial charge in [-0.25, -0.2) is 4.98 Å². The lowest BCUT2D eigenvalue weighted by molar-refractivity contribution is -0.125. The van der Waals surface area contributed by atoms with Gasteiger partial charge in [0, 0.05) is 42.7 Å². The topological polar surface area (TPSA) is 110 Å². The molecule has 0 radical (unpaired) electrons. The van der Waals surface area contributed by atoms with E-state index in [4.69, 9.17) is 9.47 Å². The fourth-order valence-electron chi connectivity index (χ4n) is 3.07. The largest absolute Gasteiger partial charge is 0.497 e. The van der Waals surface area contributed by atoms with Gasteiger partial charge >= 0.3 is 0 Å². The Kier molecular flexibility index (Phi) is 8.98. The molecule has 3 rings (SSSR count). The third-order valence-corrected chi connectivity index (χ3v) is 5.55. The lowest BCUT2D eigenvalue weighted by Crippen LogP contribution is -2.41. The second-order valence-electron chi connectivity index (χ2n) is 7.19. The van der Waals surface area contributed by atoms with E-state index in [0.717, 1.165) is 11.3 Å². The normalized spacial score (nSPS) is 10.3. The molecule has 3 amide bonds. The number of nitrogens with zero attached hydrogens (tertiary/aromatic N) is 2. The number of anilines is 2. The number of carbonyl (C=O) groups is 3. The maximum absolute atomic E-state index is 13.0. The van der Waals surface area contributed by atoms with Crippen LogP contribution < -0.4 is 25.0 Å². The molecule has 3 aromatic rings. The maximum Gasteiger partial charge on any atom is 0.240 e. The van der Waals surface area contributed by atoms with Gasteiger partial charge < -0.3 is 25.0 Å². The highest BCUT2D eigenvalue weighted by Gasteiger charge is 2.21. The molecule has 10 heteroatoms. The second-order valence-corrected chi connectivity index (χ2v) is 8.09. The van der Waals surface area contributed by atoms with Crippen molar-refractivity contribution in [3.8, 4) is 11.5 Å². The van der Waals surface area contributed by atoms with Gasteiger partial charge in [0.15, 0.2) is 5.13 Å². The summed E-state index contributed by atoms with van der Waals surface area (Å²) in [6.45, 7) is 0.107. The Morgan fingerprint density at radius 2 is 1.74 bits per heavy atom. The average molecular weight is 483 g/mol. The molecule has 0 fully saturated rings. The summed E-state index contributed by atoms with van der Waals surface area (Å²) < 4.78 is 10.4. The molecule has 178 valence electrons. The summed E-state index contributed by atoms with van der Waals surface area (Å²) >= 11 is 1.29. The molecule has 0 bridgehead atoms. The molecule has 2 aromatic carbocycles. The number of thiazole rings is 1. The summed E-state index contributed by atoms with van der Waals surface area (Å²) in [6, 6.07) is 14.2. The molecule has 1 heterocycles. The number of hydrogen-bond donors (Lipinski definition) is 2. The van der Waals surface area contributed by atoms with Gasteiger partial charge in [0.05, 0.1) is 14.2 Å². The third kappa shape index (κ3) is 7.31. The van der Waals surface area contributed by atoms with Gasteiger partial charge in [-0.2, -0.15) is 0 Å². The zero-order valence-electron chi connectivity index (χ0n) is 18.9. The Morgan fingerprint density at radius 1 is 0.971 bits per heavy atom. The first-order chi connectivity index (χ1) is 16.5. The maximum atomic E-state index is 13.0. The quantitative estimate of drug-likeness (QED) is 0.434. The molecule has 34 heavy (non-hydrogen) atoms. The SMILES string of the molecule is COc1ccc(CNC(=O)CN(C(=O)CCC(=O)Nc2nccs2)c2cccc(OC)c2)cc1. The van der Waals surface area contributed by atoms with E-state index in [-0.39, 0.29) is 37.1 Å². The zero-order valence-corrected chi connectivity index (χ0v) is 19.8. The highest BCUT2D eigenvalue weighted by atomic mass is 32.1. The predicted molar refractivity (Wildman–Crippen MR) is 130 cm³/mol. The standard InChI is InChI=1S/C24H26N4O5S/c1-32-19-8-6-17(7-9-19)15-26-22(30)16-28(18-4-3-5-20(14-18)33-2)23(31)11-10-21(29)27-24-25-12-13-34-24/h3-9,12-14H,10-11,15-16H2,1-2H3,(H,26,30)(H,25,27,29). The molecule has 0 atom stereocenters. The van der Waals surface area contributed by atoms with E-state index in [0.29, 0.717) is 23.1 Å². The van der Waals surface area contributed by atoms with Crippen molar-refractivity contribution >= 4 is 39.9 Å². The predicted octanol–water partition coefficient (Wildman–Crippen LogP) is 3.23. The fourth-order valence-corrected chi connectivity index (χ4v) is 3.61. The van der Waals surface area contributed by atoms with E-state index in [1.807, 2.05) is 24.3 Å². The summed E-state index contributed by atoms with van der Waals surface area (Å²) in [4.78, 5) is 43.2. The van der Waals surface area contributed by atoms with Crippen molar-refractivity contribution in [2.24, 2.45) is 0 Å². The van der Waals surface area contributed by atoms with Crippen LogP contribution in [0.1, 0.15) is 18.4 Å². The van der Waals surface area contributed by atoms with Crippen LogP contribution in [0.25, 0.3) is 0 Å². The van der Waals surface area contributed by atoms with E-state index in [1.54, 1.807) is 43.0 Å². The van der Waals surface area contributed by atoms with Crippen molar-refractivity contribution in [2.45, 2.75) is 19.4 Å². The molecular weight excluding hydrogens is 456 g/mol. The highest BCUT2D eigenvalue weighted by Crippen LogP contribution is 2.22. The number of benzene rings is 2. The van der Waals surface area contributed by atoms with Crippen molar-refractivity contribution in [3.05, 3.63) is 65.7 Å². The number of amides is 3. The number of rotatable bonds is 11. The molecule has 1 aromatic heterocycles. The van der Waals surface area contributed by atoms with E-state index >= 15 is 0 Å². The van der Waals surface area contributed by atoms with Gasteiger partial charge in [-0.05, 0) is 29.8 Å². The van der Waals surface area contributed by atoms with Crippen LogP contribution in [0, 0.1) is 0 Å². The van der Waals surface area contributed by atoms with Gasteiger partial charge in [0.2, 0.25) is 17.7 Å². The molecule has 0 unspecified atom stereocenters. The Labute approximate surface area is 201 Å². The van der Waals surface area contributed by atoms with Crippen LogP contribution in [0.15, 0.2) is 60.1 Å². The molecule has 0 aliphatic heterocycles. The minimum absolute atomic E-state index is 0.0354. The van der Waals surface area contributed by atoms with Crippen molar-refractivity contribution in [1.29, 1.82) is 0 Å². The van der Waals surface area contributed by atoms with E-state index in [2.05, 4.69) is 15.6 Å². The Hall–Kier alpha value is -3.92. The fraction of sp³-hybridized carbons (Fsp3) is 0.250. The van der Waals surface area contributed by atoms with Gasteiger partial charge in [-0.1, -0.05) is 18.2 Å². The molecular formula is C24H26N4O5S. The van der Waals surface area contributed by atoms with Crippen LogP contribution in [0.2, 0.25) is 0 Å². The van der Waals surface area contributed by atoms with E-state index in [1.165, 1.54) is 23.3 Å². The Morgan fingerprint density at radius 3 is 2.41 bits per heavy atom. The van der Waals surface area contributed by atoms with Crippen molar-refractivity contribution < 1.29 is 23.9 Å². The summed E-state index contributed by atoms with van der Waals surface area (Å²) in [5.41, 5.74) is 1.40. The van der Waals surface area contributed by atoms with Gasteiger partial charge in [0.1, 0.15) is 18.0 Å². The lowest BCUT2D eigenvalue weighted by Gasteiger charge is -2.23. The van der Waals surface area contributed by atoms with Gasteiger partial charge in [0.25, 0.3) is 0 Å². The Bertz CT molecular complexity index is 1100. The summed E-state index contributed by atoms with van der Waals surface area (Å²) in [7, 11) is 3.11.